The van der Waals surface area contributed by atoms with Crippen LogP contribution in [-0.2, 0) is 20.2 Å². The van der Waals surface area contributed by atoms with Crippen LogP contribution in [0.25, 0.3) is 0 Å². The molecule has 0 aromatic heterocycles. The van der Waals surface area contributed by atoms with E-state index in [1.165, 1.54) is 0 Å². The highest BCUT2D eigenvalue weighted by Gasteiger charge is 2.41. The molecule has 1 atom stereocenters. The van der Waals surface area contributed by atoms with Crippen LogP contribution in [0, 0.1) is 0 Å². The zero-order chi connectivity index (χ0) is 22.4. The first-order valence-corrected chi connectivity index (χ1v) is 13.0. The highest BCUT2D eigenvalue weighted by molar-refractivity contribution is 7.89. The van der Waals surface area contributed by atoms with Gasteiger partial charge >= 0.3 is 0 Å². The molecule has 1 unspecified atom stereocenters. The Bertz CT molecular complexity index is 1020. The monoisotopic (exact) mass is 455 g/mol. The van der Waals surface area contributed by atoms with E-state index in [9.17, 15) is 8.42 Å². The van der Waals surface area contributed by atoms with Crippen LogP contribution < -0.4 is 4.74 Å². The van der Waals surface area contributed by atoms with E-state index in [1.807, 2.05) is 24.3 Å². The van der Waals surface area contributed by atoms with E-state index >= 15 is 0 Å². The molecule has 6 heteroatoms. The maximum absolute atomic E-state index is 13.4. The van der Waals surface area contributed by atoms with Crippen LogP contribution in [0.5, 0.6) is 5.75 Å². The lowest BCUT2D eigenvalue weighted by atomic mass is 9.78. The number of fused-ring (bicyclic) bond motifs is 2. The molecule has 0 radical (unpaired) electrons. The van der Waals surface area contributed by atoms with Gasteiger partial charge in [-0.25, -0.2) is 8.42 Å². The lowest BCUT2D eigenvalue weighted by molar-refractivity contribution is 0.0675. The fraction of sp³-hybridized carbons (Fsp3) is 0.462. The molecule has 0 bridgehead atoms. The van der Waals surface area contributed by atoms with E-state index in [-0.39, 0.29) is 5.41 Å². The van der Waals surface area contributed by atoms with E-state index < -0.39 is 10.0 Å². The molecule has 2 aliphatic heterocycles. The van der Waals surface area contributed by atoms with Gasteiger partial charge in [-0.1, -0.05) is 67.8 Å². The molecule has 1 fully saturated rings. The second-order valence-electron chi connectivity index (χ2n) is 8.96. The number of sulfonamides is 1. The summed E-state index contributed by atoms with van der Waals surface area (Å²) < 4.78 is 40.6. The van der Waals surface area contributed by atoms with Crippen LogP contribution in [0.15, 0.2) is 71.6 Å². The average molecular weight is 456 g/mol. The Kier molecular flexibility index (Phi) is 7.33. The Morgan fingerprint density at radius 2 is 1.59 bits per heavy atom. The van der Waals surface area contributed by atoms with Gasteiger partial charge in [0.25, 0.3) is 0 Å². The third-order valence-corrected chi connectivity index (χ3v) is 8.27. The van der Waals surface area contributed by atoms with Crippen LogP contribution in [0.4, 0.5) is 0 Å². The third kappa shape index (κ3) is 5.08. The summed E-state index contributed by atoms with van der Waals surface area (Å²) in [6.07, 6.45) is 5.69. The standard InChI is InChI=1S/C26H33NO4S/c1-22-18-26(21-31-25-15-9-8-14-24(25)26)20-30-17-11-4-2-3-10-16-27(19-22)32(28,29)23-12-6-5-7-13-23/h5-9,12-15H,1-4,10-11,16-21H2. The van der Waals surface area contributed by atoms with Crippen molar-refractivity contribution >= 4 is 10.0 Å². The zero-order valence-corrected chi connectivity index (χ0v) is 19.5. The molecule has 4 rings (SSSR count). The summed E-state index contributed by atoms with van der Waals surface area (Å²) in [6.45, 7) is 6.95. The van der Waals surface area contributed by atoms with Crippen molar-refractivity contribution in [2.24, 2.45) is 0 Å². The Morgan fingerprint density at radius 1 is 0.875 bits per heavy atom. The van der Waals surface area contributed by atoms with Gasteiger partial charge in [-0.15, -0.1) is 0 Å². The Balaban J connectivity index is 1.61. The van der Waals surface area contributed by atoms with Gasteiger partial charge in [0.1, 0.15) is 12.4 Å². The largest absolute Gasteiger partial charge is 0.492 e. The van der Waals surface area contributed by atoms with E-state index in [0.717, 1.165) is 55.6 Å². The Morgan fingerprint density at radius 3 is 2.44 bits per heavy atom. The van der Waals surface area contributed by atoms with Gasteiger partial charge in [0, 0.05) is 25.3 Å². The van der Waals surface area contributed by atoms with Crippen LogP contribution in [-0.4, -0.2) is 45.6 Å². The lowest BCUT2D eigenvalue weighted by Gasteiger charge is -2.31. The fourth-order valence-electron chi connectivity index (χ4n) is 4.74. The normalized spacial score (nSPS) is 23.9. The lowest BCUT2D eigenvalue weighted by Crippen LogP contribution is -2.38. The van der Waals surface area contributed by atoms with Gasteiger partial charge in [0.15, 0.2) is 0 Å². The van der Waals surface area contributed by atoms with E-state index in [0.29, 0.717) is 37.6 Å². The number of rotatable bonds is 2. The van der Waals surface area contributed by atoms with Gasteiger partial charge in [0.05, 0.1) is 16.9 Å². The third-order valence-electron chi connectivity index (χ3n) is 6.41. The number of ether oxygens (including phenoxy) is 2. The number of para-hydroxylation sites is 1. The van der Waals surface area contributed by atoms with Gasteiger partial charge in [-0.2, -0.15) is 4.31 Å². The molecular formula is C26H33NO4S. The van der Waals surface area contributed by atoms with Crippen molar-refractivity contribution in [2.45, 2.75) is 48.8 Å². The van der Waals surface area contributed by atoms with Crippen molar-refractivity contribution in [3.05, 3.63) is 72.3 Å². The van der Waals surface area contributed by atoms with Crippen molar-refractivity contribution in [2.75, 3.05) is 32.9 Å². The van der Waals surface area contributed by atoms with E-state index in [2.05, 4.69) is 12.6 Å². The highest BCUT2D eigenvalue weighted by Crippen LogP contribution is 2.43. The highest BCUT2D eigenvalue weighted by atomic mass is 32.2. The minimum Gasteiger partial charge on any atom is -0.492 e. The van der Waals surface area contributed by atoms with Crippen molar-refractivity contribution in [3.63, 3.8) is 0 Å². The van der Waals surface area contributed by atoms with Gasteiger partial charge in [-0.05, 0) is 37.5 Å². The molecule has 5 nitrogen and oxygen atoms in total. The van der Waals surface area contributed by atoms with Crippen molar-refractivity contribution in [3.8, 4) is 5.75 Å². The number of hydrogen-bond acceptors (Lipinski definition) is 4. The molecule has 1 spiro atoms. The summed E-state index contributed by atoms with van der Waals surface area (Å²) in [5.41, 5.74) is 1.68. The molecule has 2 aromatic rings. The maximum Gasteiger partial charge on any atom is 0.243 e. The summed E-state index contributed by atoms with van der Waals surface area (Å²) in [7, 11) is -3.59. The van der Waals surface area contributed by atoms with Crippen LogP contribution in [0.1, 0.15) is 44.1 Å². The van der Waals surface area contributed by atoms with Gasteiger partial charge < -0.3 is 9.47 Å². The van der Waals surface area contributed by atoms with Crippen molar-refractivity contribution in [1.29, 1.82) is 0 Å². The molecule has 2 aliphatic rings. The first kappa shape index (κ1) is 23.0. The van der Waals surface area contributed by atoms with E-state index in [4.69, 9.17) is 9.47 Å². The van der Waals surface area contributed by atoms with Gasteiger partial charge in [0.2, 0.25) is 10.0 Å². The Labute approximate surface area is 192 Å². The fourth-order valence-corrected chi connectivity index (χ4v) is 6.26. The molecule has 32 heavy (non-hydrogen) atoms. The predicted octanol–water partition coefficient (Wildman–Crippen LogP) is 4.93. The van der Waals surface area contributed by atoms with Crippen molar-refractivity contribution in [1.82, 2.24) is 4.31 Å². The van der Waals surface area contributed by atoms with Crippen LogP contribution in [0.2, 0.25) is 0 Å². The smallest absolute Gasteiger partial charge is 0.243 e. The first-order chi connectivity index (χ1) is 15.5. The summed E-state index contributed by atoms with van der Waals surface area (Å²) in [4.78, 5) is 0.335. The van der Waals surface area contributed by atoms with E-state index in [1.54, 1.807) is 28.6 Å². The second-order valence-corrected chi connectivity index (χ2v) is 10.9. The average Bonchev–Trinajstić information content (AvgIpc) is 3.15. The van der Waals surface area contributed by atoms with Gasteiger partial charge in [-0.3, -0.25) is 0 Å². The molecule has 0 amide bonds. The molecule has 1 saturated heterocycles. The number of hydrogen-bond donors (Lipinski definition) is 0. The minimum absolute atomic E-state index is 0.307. The summed E-state index contributed by atoms with van der Waals surface area (Å²) in [5, 5.41) is 0. The molecule has 0 N–H and O–H groups in total. The topological polar surface area (TPSA) is 55.8 Å². The Hall–Kier alpha value is -2.15. The molecule has 2 heterocycles. The number of benzene rings is 2. The predicted molar refractivity (Wildman–Crippen MR) is 126 cm³/mol. The molecule has 2 aromatic carbocycles. The molecule has 0 saturated carbocycles. The summed E-state index contributed by atoms with van der Waals surface area (Å²) in [5.74, 6) is 0.888. The summed E-state index contributed by atoms with van der Waals surface area (Å²) in [6, 6.07) is 16.8. The SMILES string of the molecule is C=C1CN(S(=O)(=O)c2ccccc2)CCCCCCCOCC2(COc3ccccc32)C1. The zero-order valence-electron chi connectivity index (χ0n) is 18.7. The first-order valence-electron chi connectivity index (χ1n) is 11.5. The maximum atomic E-state index is 13.4. The van der Waals surface area contributed by atoms with Crippen molar-refractivity contribution < 1.29 is 17.9 Å². The van der Waals surface area contributed by atoms with Crippen LogP contribution >= 0.6 is 0 Å². The molecular weight excluding hydrogens is 422 g/mol. The quantitative estimate of drug-likeness (QED) is 0.602. The summed E-state index contributed by atoms with van der Waals surface area (Å²) >= 11 is 0. The second kappa shape index (κ2) is 10.2. The molecule has 172 valence electrons. The van der Waals surface area contributed by atoms with Crippen LogP contribution in [0.3, 0.4) is 0 Å². The minimum atomic E-state index is -3.59. The molecule has 0 aliphatic carbocycles. The number of nitrogens with zero attached hydrogens (tertiary/aromatic N) is 1.